The van der Waals surface area contributed by atoms with Crippen molar-refractivity contribution in [2.45, 2.75) is 20.8 Å². The summed E-state index contributed by atoms with van der Waals surface area (Å²) in [5.41, 5.74) is 4.37. The summed E-state index contributed by atoms with van der Waals surface area (Å²) in [6.45, 7) is 5.11. The molecule has 0 heterocycles. The molecular weight excluding hydrogens is 236 g/mol. The molecule has 96 valence electrons. The highest BCUT2D eigenvalue weighted by molar-refractivity contribution is 6.01. The van der Waals surface area contributed by atoms with Crippen LogP contribution >= 0.6 is 0 Å². The van der Waals surface area contributed by atoms with Crippen molar-refractivity contribution in [1.29, 1.82) is 0 Å². The molecule has 0 saturated carbocycles. The molecule has 0 aliphatic carbocycles. The van der Waals surface area contributed by atoms with Gasteiger partial charge in [-0.15, -0.1) is 0 Å². The molecule has 0 aliphatic rings. The van der Waals surface area contributed by atoms with E-state index in [4.69, 9.17) is 0 Å². The van der Waals surface area contributed by atoms with Crippen molar-refractivity contribution in [2.24, 2.45) is 0 Å². The zero-order chi connectivity index (χ0) is 14.0. The van der Waals surface area contributed by atoms with Gasteiger partial charge in [-0.05, 0) is 31.9 Å². The molecule has 0 unspecified atom stereocenters. The second-order valence-corrected chi connectivity index (χ2v) is 4.74. The number of carbonyl (C=O) groups is 2. The maximum atomic E-state index is 11.7. The highest BCUT2D eigenvalue weighted by atomic mass is 16.1. The van der Waals surface area contributed by atoms with E-state index in [9.17, 15) is 9.59 Å². The fourth-order valence-corrected chi connectivity index (χ4v) is 2.09. The molecule has 0 spiro atoms. The van der Waals surface area contributed by atoms with Crippen molar-refractivity contribution < 1.29 is 9.59 Å². The number of rotatable bonds is 3. The number of ketones is 2. The Hall–Kier alpha value is -2.22. The Labute approximate surface area is 113 Å². The highest BCUT2D eigenvalue weighted by Crippen LogP contribution is 2.26. The van der Waals surface area contributed by atoms with Crippen molar-refractivity contribution in [3.63, 3.8) is 0 Å². The van der Waals surface area contributed by atoms with E-state index in [1.165, 1.54) is 0 Å². The van der Waals surface area contributed by atoms with Crippen molar-refractivity contribution in [2.75, 3.05) is 0 Å². The number of benzene rings is 2. The van der Waals surface area contributed by atoms with Crippen LogP contribution in [0.3, 0.4) is 0 Å². The van der Waals surface area contributed by atoms with Gasteiger partial charge in [-0.3, -0.25) is 9.59 Å². The van der Waals surface area contributed by atoms with E-state index in [-0.39, 0.29) is 11.6 Å². The van der Waals surface area contributed by atoms with Crippen LogP contribution in [0.5, 0.6) is 0 Å². The predicted molar refractivity (Wildman–Crippen MR) is 76.6 cm³/mol. The molecule has 0 saturated heterocycles. The zero-order valence-corrected chi connectivity index (χ0v) is 11.4. The van der Waals surface area contributed by atoms with Gasteiger partial charge in [0, 0.05) is 11.1 Å². The molecule has 19 heavy (non-hydrogen) atoms. The topological polar surface area (TPSA) is 34.1 Å². The summed E-state index contributed by atoms with van der Waals surface area (Å²) in [5, 5.41) is 0. The van der Waals surface area contributed by atoms with Crippen LogP contribution in [0.2, 0.25) is 0 Å². The first-order chi connectivity index (χ1) is 8.99. The summed E-state index contributed by atoms with van der Waals surface area (Å²) in [6, 6.07) is 13.2. The van der Waals surface area contributed by atoms with Crippen LogP contribution in [0.25, 0.3) is 11.1 Å². The standard InChI is InChI=1S/C17H16O2/c1-11-4-9-16(13(3)19)17(10-11)15-7-5-14(6-8-15)12(2)18/h4-10H,1-3H3. The van der Waals surface area contributed by atoms with E-state index in [1.54, 1.807) is 26.0 Å². The van der Waals surface area contributed by atoms with Gasteiger partial charge in [-0.2, -0.15) is 0 Å². The fourth-order valence-electron chi connectivity index (χ4n) is 2.09. The van der Waals surface area contributed by atoms with Gasteiger partial charge < -0.3 is 0 Å². The summed E-state index contributed by atoms with van der Waals surface area (Å²) in [4.78, 5) is 22.9. The third-order valence-electron chi connectivity index (χ3n) is 3.16. The Morgan fingerprint density at radius 1 is 0.842 bits per heavy atom. The Balaban J connectivity index is 2.54. The first-order valence-electron chi connectivity index (χ1n) is 6.22. The van der Waals surface area contributed by atoms with Crippen LogP contribution in [0.15, 0.2) is 42.5 Å². The molecule has 0 atom stereocenters. The second-order valence-electron chi connectivity index (χ2n) is 4.74. The minimum absolute atomic E-state index is 0.0441. The molecular formula is C17H16O2. The van der Waals surface area contributed by atoms with Gasteiger partial charge in [0.1, 0.15) is 0 Å². The Kier molecular flexibility index (Phi) is 3.61. The van der Waals surface area contributed by atoms with Gasteiger partial charge in [0.05, 0.1) is 0 Å². The lowest BCUT2D eigenvalue weighted by Crippen LogP contribution is -1.97. The molecule has 2 aromatic rings. The number of carbonyl (C=O) groups excluding carboxylic acids is 2. The van der Waals surface area contributed by atoms with E-state index in [0.29, 0.717) is 11.1 Å². The van der Waals surface area contributed by atoms with Crippen LogP contribution < -0.4 is 0 Å². The molecule has 2 aromatic carbocycles. The van der Waals surface area contributed by atoms with E-state index in [0.717, 1.165) is 16.7 Å². The summed E-state index contributed by atoms with van der Waals surface area (Å²) in [7, 11) is 0. The van der Waals surface area contributed by atoms with Crippen molar-refractivity contribution in [3.05, 3.63) is 59.2 Å². The SMILES string of the molecule is CC(=O)c1ccc(-c2cc(C)ccc2C(C)=O)cc1. The number of aryl methyl sites for hydroxylation is 1. The molecule has 0 aliphatic heterocycles. The maximum absolute atomic E-state index is 11.7. The lowest BCUT2D eigenvalue weighted by molar-refractivity contribution is 0.100. The highest BCUT2D eigenvalue weighted by Gasteiger charge is 2.09. The Morgan fingerprint density at radius 2 is 1.47 bits per heavy atom. The number of hydrogen-bond donors (Lipinski definition) is 0. The van der Waals surface area contributed by atoms with Gasteiger partial charge in [0.15, 0.2) is 11.6 Å². The molecule has 0 N–H and O–H groups in total. The van der Waals surface area contributed by atoms with Gasteiger partial charge >= 0.3 is 0 Å². The molecule has 0 fully saturated rings. The van der Waals surface area contributed by atoms with Crippen molar-refractivity contribution in [3.8, 4) is 11.1 Å². The molecule has 2 rings (SSSR count). The van der Waals surface area contributed by atoms with Crippen LogP contribution in [-0.2, 0) is 0 Å². The van der Waals surface area contributed by atoms with Gasteiger partial charge in [0.2, 0.25) is 0 Å². The van der Waals surface area contributed by atoms with E-state index >= 15 is 0 Å². The third kappa shape index (κ3) is 2.79. The lowest BCUT2D eigenvalue weighted by Gasteiger charge is -2.09. The second kappa shape index (κ2) is 5.19. The number of Topliss-reactive ketones (excluding diaryl/α,β-unsaturated/α-hetero) is 2. The molecule has 2 nitrogen and oxygen atoms in total. The number of hydrogen-bond acceptors (Lipinski definition) is 2. The molecule has 0 bridgehead atoms. The normalized spacial score (nSPS) is 10.3. The average Bonchev–Trinajstić information content (AvgIpc) is 2.38. The lowest BCUT2D eigenvalue weighted by atomic mass is 9.94. The zero-order valence-electron chi connectivity index (χ0n) is 11.4. The predicted octanol–water partition coefficient (Wildman–Crippen LogP) is 4.07. The van der Waals surface area contributed by atoms with E-state index < -0.39 is 0 Å². The first-order valence-corrected chi connectivity index (χ1v) is 6.22. The largest absolute Gasteiger partial charge is 0.295 e. The molecule has 2 heteroatoms. The summed E-state index contributed by atoms with van der Waals surface area (Å²) in [6.07, 6.45) is 0. The van der Waals surface area contributed by atoms with E-state index in [2.05, 4.69) is 0 Å². The summed E-state index contributed by atoms with van der Waals surface area (Å²) < 4.78 is 0. The van der Waals surface area contributed by atoms with Crippen LogP contribution in [0.4, 0.5) is 0 Å². The Bertz CT molecular complexity index is 637. The van der Waals surface area contributed by atoms with Crippen molar-refractivity contribution in [1.82, 2.24) is 0 Å². The first kappa shape index (κ1) is 13.2. The van der Waals surface area contributed by atoms with Gasteiger partial charge in [-0.25, -0.2) is 0 Å². The maximum Gasteiger partial charge on any atom is 0.160 e. The summed E-state index contributed by atoms with van der Waals surface area (Å²) >= 11 is 0. The van der Waals surface area contributed by atoms with Crippen LogP contribution in [0.1, 0.15) is 40.1 Å². The van der Waals surface area contributed by atoms with Gasteiger partial charge in [0.25, 0.3) is 0 Å². The van der Waals surface area contributed by atoms with Crippen LogP contribution in [0, 0.1) is 6.92 Å². The van der Waals surface area contributed by atoms with Gasteiger partial charge in [-0.1, -0.05) is 48.0 Å². The third-order valence-corrected chi connectivity index (χ3v) is 3.16. The summed E-state index contributed by atoms with van der Waals surface area (Å²) in [5.74, 6) is 0.0910. The minimum atomic E-state index is 0.0441. The molecule has 0 radical (unpaired) electrons. The van der Waals surface area contributed by atoms with Crippen molar-refractivity contribution >= 4 is 11.6 Å². The van der Waals surface area contributed by atoms with Crippen LogP contribution in [-0.4, -0.2) is 11.6 Å². The quantitative estimate of drug-likeness (QED) is 0.772. The fraction of sp³-hybridized carbons (Fsp3) is 0.176. The monoisotopic (exact) mass is 252 g/mol. The molecule has 0 amide bonds. The minimum Gasteiger partial charge on any atom is -0.295 e. The molecule has 0 aromatic heterocycles. The smallest absolute Gasteiger partial charge is 0.160 e. The Morgan fingerprint density at radius 3 is 2.00 bits per heavy atom. The average molecular weight is 252 g/mol. The van der Waals surface area contributed by atoms with E-state index in [1.807, 2.05) is 37.3 Å².